The van der Waals surface area contributed by atoms with Crippen LogP contribution in [0.4, 0.5) is 5.82 Å². The van der Waals surface area contributed by atoms with Crippen LogP contribution in [0.15, 0.2) is 6.07 Å². The van der Waals surface area contributed by atoms with E-state index < -0.39 is 0 Å². The minimum Gasteiger partial charge on any atom is -0.353 e. The van der Waals surface area contributed by atoms with Gasteiger partial charge >= 0.3 is 0 Å². The molecule has 1 saturated heterocycles. The van der Waals surface area contributed by atoms with Crippen molar-refractivity contribution in [2.45, 2.75) is 70.4 Å². The maximum absolute atomic E-state index is 6.04. The smallest absolute Gasteiger partial charge is 0.133 e. The van der Waals surface area contributed by atoms with Crippen LogP contribution in [-0.4, -0.2) is 17.6 Å². The van der Waals surface area contributed by atoms with Gasteiger partial charge in [0.2, 0.25) is 0 Å². The van der Waals surface area contributed by atoms with Crippen LogP contribution in [0.5, 0.6) is 0 Å². The zero-order valence-corrected chi connectivity index (χ0v) is 13.0. The minimum absolute atomic E-state index is 0.628. The van der Waals surface area contributed by atoms with Crippen LogP contribution in [-0.2, 0) is 19.4 Å². The monoisotopic (exact) mass is 285 g/mol. The molecule has 0 aromatic carbocycles. The molecular weight excluding hydrogens is 258 g/mol. The van der Waals surface area contributed by atoms with Crippen LogP contribution >= 0.6 is 0 Å². The lowest BCUT2D eigenvalue weighted by Crippen LogP contribution is -2.36. The van der Waals surface area contributed by atoms with Gasteiger partial charge in [-0.2, -0.15) is 0 Å². The lowest BCUT2D eigenvalue weighted by Gasteiger charge is -2.32. The first kappa shape index (κ1) is 13.6. The second kappa shape index (κ2) is 5.60. The van der Waals surface area contributed by atoms with E-state index in [1.54, 1.807) is 0 Å². The highest BCUT2D eigenvalue weighted by Gasteiger charge is 2.35. The van der Waals surface area contributed by atoms with Gasteiger partial charge in [0.15, 0.2) is 0 Å². The van der Waals surface area contributed by atoms with E-state index in [9.17, 15) is 0 Å². The summed E-state index contributed by atoms with van der Waals surface area (Å²) in [5.74, 6) is 2.13. The highest BCUT2D eigenvalue weighted by molar-refractivity contribution is 5.52. The molecule has 2 N–H and O–H groups in total. The number of anilines is 1. The lowest BCUT2D eigenvalue weighted by atomic mass is 9.95. The second-order valence-electron chi connectivity index (χ2n) is 7.08. The number of pyridine rings is 1. The SMILES string of the molecule is NCc1cc2c(nc1N1CCCC1C1CCCC1)CCC2. The van der Waals surface area contributed by atoms with Gasteiger partial charge in [-0.25, -0.2) is 4.98 Å². The Morgan fingerprint density at radius 1 is 1.10 bits per heavy atom. The number of rotatable bonds is 3. The molecule has 2 aliphatic carbocycles. The van der Waals surface area contributed by atoms with Gasteiger partial charge in [0.1, 0.15) is 5.82 Å². The summed E-state index contributed by atoms with van der Waals surface area (Å²) in [6.07, 6.45) is 12.0. The van der Waals surface area contributed by atoms with Gasteiger partial charge in [0.25, 0.3) is 0 Å². The summed E-state index contributed by atoms with van der Waals surface area (Å²) in [6.45, 7) is 1.81. The third-order valence-corrected chi connectivity index (χ3v) is 5.84. The Kier molecular flexibility index (Phi) is 3.62. The van der Waals surface area contributed by atoms with Crippen molar-refractivity contribution in [3.63, 3.8) is 0 Å². The van der Waals surface area contributed by atoms with Gasteiger partial charge in [-0.3, -0.25) is 0 Å². The summed E-state index contributed by atoms with van der Waals surface area (Å²) in [5.41, 5.74) is 10.1. The van der Waals surface area contributed by atoms with Crippen LogP contribution in [0.25, 0.3) is 0 Å². The topological polar surface area (TPSA) is 42.1 Å². The number of hydrogen-bond donors (Lipinski definition) is 1. The first-order chi connectivity index (χ1) is 10.4. The molecule has 1 aliphatic heterocycles. The largest absolute Gasteiger partial charge is 0.353 e. The average molecular weight is 285 g/mol. The van der Waals surface area contributed by atoms with E-state index in [-0.39, 0.29) is 0 Å². The molecule has 4 rings (SSSR count). The Balaban J connectivity index is 1.68. The fourth-order valence-corrected chi connectivity index (χ4v) is 4.80. The van der Waals surface area contributed by atoms with E-state index in [0.29, 0.717) is 6.54 Å². The predicted octanol–water partition coefficient (Wildman–Crippen LogP) is 3.19. The van der Waals surface area contributed by atoms with Crippen molar-refractivity contribution >= 4 is 5.82 Å². The van der Waals surface area contributed by atoms with E-state index in [4.69, 9.17) is 10.7 Å². The Morgan fingerprint density at radius 3 is 2.76 bits per heavy atom. The molecule has 3 aliphatic rings. The van der Waals surface area contributed by atoms with E-state index in [1.165, 1.54) is 80.6 Å². The molecule has 3 heteroatoms. The van der Waals surface area contributed by atoms with Crippen LogP contribution in [0, 0.1) is 5.92 Å². The molecule has 0 bridgehead atoms. The normalized spacial score (nSPS) is 25.8. The number of nitrogens with two attached hydrogens (primary N) is 1. The molecular formula is C18H27N3. The molecule has 3 nitrogen and oxygen atoms in total. The van der Waals surface area contributed by atoms with Gasteiger partial charge in [-0.15, -0.1) is 0 Å². The highest BCUT2D eigenvalue weighted by atomic mass is 15.2. The molecule has 1 saturated carbocycles. The molecule has 0 spiro atoms. The molecule has 0 radical (unpaired) electrons. The van der Waals surface area contributed by atoms with Crippen molar-refractivity contribution in [1.82, 2.24) is 4.98 Å². The minimum atomic E-state index is 0.628. The highest BCUT2D eigenvalue weighted by Crippen LogP contribution is 2.39. The van der Waals surface area contributed by atoms with Crippen LogP contribution in [0.3, 0.4) is 0 Å². The number of aromatic nitrogens is 1. The van der Waals surface area contributed by atoms with Crippen LogP contribution in [0.2, 0.25) is 0 Å². The van der Waals surface area contributed by atoms with Crippen molar-refractivity contribution in [3.8, 4) is 0 Å². The number of hydrogen-bond acceptors (Lipinski definition) is 3. The fraction of sp³-hybridized carbons (Fsp3) is 0.722. The number of nitrogens with zero attached hydrogens (tertiary/aromatic N) is 2. The molecule has 1 atom stereocenters. The fourth-order valence-electron chi connectivity index (χ4n) is 4.80. The lowest BCUT2D eigenvalue weighted by molar-refractivity contribution is 0.428. The van der Waals surface area contributed by atoms with Gasteiger partial charge < -0.3 is 10.6 Å². The van der Waals surface area contributed by atoms with Gasteiger partial charge in [0.05, 0.1) is 0 Å². The summed E-state index contributed by atoms with van der Waals surface area (Å²) in [6, 6.07) is 3.08. The van der Waals surface area contributed by atoms with Crippen LogP contribution in [0.1, 0.15) is 61.8 Å². The molecule has 1 aromatic heterocycles. The Labute approximate surface area is 127 Å². The third kappa shape index (κ3) is 2.36. The summed E-state index contributed by atoms with van der Waals surface area (Å²) in [5, 5.41) is 0. The molecule has 21 heavy (non-hydrogen) atoms. The maximum atomic E-state index is 6.04. The third-order valence-electron chi connectivity index (χ3n) is 5.84. The predicted molar refractivity (Wildman–Crippen MR) is 86.5 cm³/mol. The molecule has 1 aromatic rings. The second-order valence-corrected chi connectivity index (χ2v) is 7.08. The first-order valence-electron chi connectivity index (χ1n) is 8.85. The zero-order valence-electron chi connectivity index (χ0n) is 13.0. The molecule has 2 fully saturated rings. The summed E-state index contributed by atoms with van der Waals surface area (Å²) in [4.78, 5) is 7.70. The van der Waals surface area contributed by atoms with Crippen molar-refractivity contribution in [1.29, 1.82) is 0 Å². The summed E-state index contributed by atoms with van der Waals surface area (Å²) in [7, 11) is 0. The summed E-state index contributed by atoms with van der Waals surface area (Å²) < 4.78 is 0. The van der Waals surface area contributed by atoms with Crippen molar-refractivity contribution < 1.29 is 0 Å². The number of aryl methyl sites for hydroxylation is 2. The maximum Gasteiger partial charge on any atom is 0.133 e. The van der Waals surface area contributed by atoms with E-state index >= 15 is 0 Å². The van der Waals surface area contributed by atoms with E-state index in [0.717, 1.165) is 18.4 Å². The Hall–Kier alpha value is -1.09. The van der Waals surface area contributed by atoms with Crippen molar-refractivity contribution in [2.75, 3.05) is 11.4 Å². The average Bonchev–Trinajstić information content (AvgIpc) is 3.24. The van der Waals surface area contributed by atoms with Crippen molar-refractivity contribution in [2.24, 2.45) is 11.7 Å². The standard InChI is InChI=1S/C18H27N3/c19-12-15-11-14-7-3-8-16(14)20-18(15)21-10-4-9-17(21)13-5-1-2-6-13/h11,13,17H,1-10,12,19H2. The Bertz CT molecular complexity index is 519. The zero-order chi connectivity index (χ0) is 14.2. The quantitative estimate of drug-likeness (QED) is 0.927. The van der Waals surface area contributed by atoms with Gasteiger partial charge in [-0.1, -0.05) is 12.8 Å². The van der Waals surface area contributed by atoms with E-state index in [2.05, 4.69) is 11.0 Å². The van der Waals surface area contributed by atoms with Gasteiger partial charge in [0, 0.05) is 30.4 Å². The Morgan fingerprint density at radius 2 is 1.95 bits per heavy atom. The van der Waals surface area contributed by atoms with E-state index in [1.807, 2.05) is 0 Å². The van der Waals surface area contributed by atoms with Gasteiger partial charge in [-0.05, 0) is 62.5 Å². The summed E-state index contributed by atoms with van der Waals surface area (Å²) >= 11 is 0. The molecule has 1 unspecified atom stereocenters. The molecule has 0 amide bonds. The van der Waals surface area contributed by atoms with Crippen LogP contribution < -0.4 is 10.6 Å². The molecule has 2 heterocycles. The van der Waals surface area contributed by atoms with Crippen molar-refractivity contribution in [3.05, 3.63) is 22.9 Å². The first-order valence-corrected chi connectivity index (χ1v) is 8.85. The molecule has 114 valence electrons. The number of fused-ring (bicyclic) bond motifs is 1.